The number of benzene rings is 1. The van der Waals surface area contributed by atoms with Crippen LogP contribution >= 0.6 is 0 Å². The number of aliphatic hydroxyl groups is 2. The van der Waals surface area contributed by atoms with Crippen molar-refractivity contribution >= 4 is 0 Å². The quantitative estimate of drug-likeness (QED) is 0.830. The van der Waals surface area contributed by atoms with E-state index in [1.54, 1.807) is 6.92 Å². The van der Waals surface area contributed by atoms with Crippen molar-refractivity contribution in [2.24, 2.45) is 5.92 Å². The standard InChI is InChI=1S/C16H24O3/c1-12(17)15-8-4-5-9-16(15)19-11-14(18)10-13-6-2-3-7-13/h4-5,8-9,12-14,17-18H,2-3,6-7,10-11H2,1H3/t12-,14?/m0/s1. The first-order valence-electron chi connectivity index (χ1n) is 7.24. The predicted octanol–water partition coefficient (Wildman–Crippen LogP) is 3.06. The van der Waals surface area contributed by atoms with E-state index in [-0.39, 0.29) is 0 Å². The van der Waals surface area contributed by atoms with E-state index in [2.05, 4.69) is 0 Å². The summed E-state index contributed by atoms with van der Waals surface area (Å²) >= 11 is 0. The van der Waals surface area contributed by atoms with Crippen molar-refractivity contribution in [3.8, 4) is 5.75 Å². The molecule has 1 aromatic rings. The molecule has 0 aromatic heterocycles. The van der Waals surface area contributed by atoms with Crippen LogP contribution in [-0.4, -0.2) is 22.9 Å². The average molecular weight is 264 g/mol. The van der Waals surface area contributed by atoms with Crippen molar-refractivity contribution in [3.63, 3.8) is 0 Å². The van der Waals surface area contributed by atoms with Crippen molar-refractivity contribution in [2.45, 2.75) is 51.2 Å². The van der Waals surface area contributed by atoms with Gasteiger partial charge in [0.25, 0.3) is 0 Å². The monoisotopic (exact) mass is 264 g/mol. The van der Waals surface area contributed by atoms with Gasteiger partial charge in [0.05, 0.1) is 12.2 Å². The van der Waals surface area contributed by atoms with E-state index in [0.29, 0.717) is 18.3 Å². The van der Waals surface area contributed by atoms with Gasteiger partial charge in [-0.1, -0.05) is 43.9 Å². The first-order valence-corrected chi connectivity index (χ1v) is 7.24. The third kappa shape index (κ3) is 4.22. The van der Waals surface area contributed by atoms with E-state index >= 15 is 0 Å². The first kappa shape index (κ1) is 14.4. The van der Waals surface area contributed by atoms with Gasteiger partial charge in [-0.25, -0.2) is 0 Å². The number of ether oxygens (including phenoxy) is 1. The number of hydrogen-bond acceptors (Lipinski definition) is 3. The number of para-hydroxylation sites is 1. The van der Waals surface area contributed by atoms with E-state index < -0.39 is 12.2 Å². The summed E-state index contributed by atoms with van der Waals surface area (Å²) in [6.45, 7) is 2.03. The van der Waals surface area contributed by atoms with Crippen molar-refractivity contribution in [2.75, 3.05) is 6.61 Å². The van der Waals surface area contributed by atoms with Gasteiger partial charge in [0, 0.05) is 5.56 Å². The van der Waals surface area contributed by atoms with Gasteiger partial charge in [0.1, 0.15) is 12.4 Å². The Morgan fingerprint density at radius 1 is 1.21 bits per heavy atom. The molecule has 1 saturated carbocycles. The van der Waals surface area contributed by atoms with E-state index in [1.165, 1.54) is 25.7 Å². The van der Waals surface area contributed by atoms with Crippen LogP contribution in [0.5, 0.6) is 5.75 Å². The van der Waals surface area contributed by atoms with Crippen LogP contribution in [0, 0.1) is 5.92 Å². The maximum Gasteiger partial charge on any atom is 0.125 e. The molecule has 1 fully saturated rings. The van der Waals surface area contributed by atoms with Gasteiger partial charge < -0.3 is 14.9 Å². The minimum absolute atomic E-state index is 0.306. The normalized spacial score (nSPS) is 19.3. The molecule has 0 amide bonds. The Morgan fingerprint density at radius 3 is 2.58 bits per heavy atom. The molecule has 0 bridgehead atoms. The van der Waals surface area contributed by atoms with E-state index in [9.17, 15) is 10.2 Å². The molecule has 3 nitrogen and oxygen atoms in total. The highest BCUT2D eigenvalue weighted by Crippen LogP contribution is 2.29. The van der Waals surface area contributed by atoms with Gasteiger partial charge in [0.15, 0.2) is 0 Å². The van der Waals surface area contributed by atoms with E-state index in [4.69, 9.17) is 4.74 Å². The summed E-state index contributed by atoms with van der Waals surface area (Å²) in [6, 6.07) is 7.45. The maximum absolute atomic E-state index is 10.0. The molecule has 2 rings (SSSR count). The Kier molecular flexibility index (Phi) is 5.23. The average Bonchev–Trinajstić information content (AvgIpc) is 2.89. The van der Waals surface area contributed by atoms with Crippen molar-refractivity contribution in [1.29, 1.82) is 0 Å². The second kappa shape index (κ2) is 6.92. The predicted molar refractivity (Wildman–Crippen MR) is 75.2 cm³/mol. The molecule has 2 atom stereocenters. The van der Waals surface area contributed by atoms with Gasteiger partial charge in [-0.3, -0.25) is 0 Å². The lowest BCUT2D eigenvalue weighted by Crippen LogP contribution is -2.20. The zero-order chi connectivity index (χ0) is 13.7. The third-order valence-corrected chi connectivity index (χ3v) is 3.88. The molecule has 2 N–H and O–H groups in total. The molecule has 1 aliphatic carbocycles. The van der Waals surface area contributed by atoms with Crippen LogP contribution in [0.2, 0.25) is 0 Å². The number of aliphatic hydroxyl groups excluding tert-OH is 2. The van der Waals surface area contributed by atoms with Crippen LogP contribution in [0.4, 0.5) is 0 Å². The Morgan fingerprint density at radius 2 is 1.89 bits per heavy atom. The molecule has 1 unspecified atom stereocenters. The topological polar surface area (TPSA) is 49.7 Å². The van der Waals surface area contributed by atoms with Gasteiger partial charge in [-0.05, 0) is 25.3 Å². The summed E-state index contributed by atoms with van der Waals surface area (Å²) in [5, 5.41) is 19.7. The second-order valence-electron chi connectivity index (χ2n) is 5.56. The van der Waals surface area contributed by atoms with E-state index in [1.807, 2.05) is 24.3 Å². The van der Waals surface area contributed by atoms with Crippen LogP contribution in [0.3, 0.4) is 0 Å². The fourth-order valence-electron chi connectivity index (χ4n) is 2.84. The highest BCUT2D eigenvalue weighted by molar-refractivity contribution is 5.34. The SMILES string of the molecule is C[C@H](O)c1ccccc1OCC(O)CC1CCCC1. The fourth-order valence-corrected chi connectivity index (χ4v) is 2.84. The van der Waals surface area contributed by atoms with Crippen LogP contribution in [0.15, 0.2) is 24.3 Å². The number of rotatable bonds is 6. The van der Waals surface area contributed by atoms with E-state index in [0.717, 1.165) is 12.0 Å². The third-order valence-electron chi connectivity index (χ3n) is 3.88. The molecule has 1 aliphatic rings. The smallest absolute Gasteiger partial charge is 0.125 e. The summed E-state index contributed by atoms with van der Waals surface area (Å²) < 4.78 is 5.66. The molecule has 0 radical (unpaired) electrons. The van der Waals surface area contributed by atoms with Crippen LogP contribution in [0.25, 0.3) is 0 Å². The lowest BCUT2D eigenvalue weighted by atomic mass is 10.0. The van der Waals surface area contributed by atoms with Gasteiger partial charge in [-0.15, -0.1) is 0 Å². The highest BCUT2D eigenvalue weighted by Gasteiger charge is 2.19. The number of hydrogen-bond donors (Lipinski definition) is 2. The Hall–Kier alpha value is -1.06. The molecule has 3 heteroatoms. The summed E-state index contributed by atoms with van der Waals surface area (Å²) in [5.74, 6) is 1.33. The van der Waals surface area contributed by atoms with Gasteiger partial charge in [-0.2, -0.15) is 0 Å². The fraction of sp³-hybridized carbons (Fsp3) is 0.625. The largest absolute Gasteiger partial charge is 0.491 e. The molecule has 1 aromatic carbocycles. The van der Waals surface area contributed by atoms with Gasteiger partial charge in [0.2, 0.25) is 0 Å². The molecule has 0 aliphatic heterocycles. The summed E-state index contributed by atoms with van der Waals surface area (Å²) in [7, 11) is 0. The summed E-state index contributed by atoms with van der Waals surface area (Å²) in [5.41, 5.74) is 0.774. The van der Waals surface area contributed by atoms with Crippen LogP contribution in [-0.2, 0) is 0 Å². The Labute approximate surface area is 115 Å². The second-order valence-corrected chi connectivity index (χ2v) is 5.56. The molecule has 0 heterocycles. The maximum atomic E-state index is 10.0. The summed E-state index contributed by atoms with van der Waals surface area (Å²) in [4.78, 5) is 0. The Bertz CT molecular complexity index is 383. The zero-order valence-electron chi connectivity index (χ0n) is 11.6. The molecule has 19 heavy (non-hydrogen) atoms. The molecular weight excluding hydrogens is 240 g/mol. The minimum atomic E-state index is -0.553. The lowest BCUT2D eigenvalue weighted by Gasteiger charge is -2.18. The molecule has 106 valence electrons. The first-order chi connectivity index (χ1) is 9.16. The Balaban J connectivity index is 1.84. The van der Waals surface area contributed by atoms with Crippen molar-refractivity contribution < 1.29 is 14.9 Å². The minimum Gasteiger partial charge on any atom is -0.491 e. The highest BCUT2D eigenvalue weighted by atomic mass is 16.5. The summed E-state index contributed by atoms with van der Waals surface area (Å²) in [6.07, 6.45) is 4.93. The van der Waals surface area contributed by atoms with Gasteiger partial charge >= 0.3 is 0 Å². The molecule has 0 saturated heterocycles. The molecule has 0 spiro atoms. The van der Waals surface area contributed by atoms with Crippen LogP contribution < -0.4 is 4.74 Å². The van der Waals surface area contributed by atoms with Crippen molar-refractivity contribution in [1.82, 2.24) is 0 Å². The molecular formula is C16H24O3. The zero-order valence-corrected chi connectivity index (χ0v) is 11.6. The lowest BCUT2D eigenvalue weighted by molar-refractivity contribution is 0.0832. The van der Waals surface area contributed by atoms with Crippen molar-refractivity contribution in [3.05, 3.63) is 29.8 Å². The van der Waals surface area contributed by atoms with Crippen LogP contribution in [0.1, 0.15) is 50.7 Å².